The molecular weight excluding hydrogens is 817 g/mol. The first-order valence-corrected chi connectivity index (χ1v) is 24.7. The van der Waals surface area contributed by atoms with Gasteiger partial charge in [-0.05, 0) is 180 Å². The van der Waals surface area contributed by atoms with Gasteiger partial charge in [-0.25, -0.2) is 0 Å². The van der Waals surface area contributed by atoms with Gasteiger partial charge in [-0.15, -0.1) is 0 Å². The predicted molar refractivity (Wildman–Crippen MR) is 282 cm³/mol. The van der Waals surface area contributed by atoms with Crippen LogP contribution in [0.3, 0.4) is 0 Å². The molecule has 2 aliphatic rings. The Morgan fingerprint density at radius 2 is 0.731 bits per heavy atom. The number of anilines is 6. The third-order valence-corrected chi connectivity index (χ3v) is 15.3. The molecule has 0 aliphatic heterocycles. The van der Waals surface area contributed by atoms with E-state index in [1.54, 1.807) is 0 Å². The monoisotopic (exact) mass is 870 g/mol. The normalized spacial score (nSPS) is 15.1. The van der Waals surface area contributed by atoms with Crippen molar-refractivity contribution in [2.45, 2.75) is 83.0 Å². The van der Waals surface area contributed by atoms with Crippen LogP contribution in [-0.4, -0.2) is 0 Å². The Morgan fingerprint density at radius 1 is 0.343 bits per heavy atom. The second-order valence-electron chi connectivity index (χ2n) is 19.4. The summed E-state index contributed by atoms with van der Waals surface area (Å²) in [5.74, 6) is 1.35. The maximum Gasteiger partial charge on any atom is 0.142 e. The third kappa shape index (κ3) is 7.13. The topological polar surface area (TPSA) is 32.8 Å². The summed E-state index contributed by atoms with van der Waals surface area (Å²) >= 11 is 0. The summed E-state index contributed by atoms with van der Waals surface area (Å²) in [7, 11) is 0. The van der Waals surface area contributed by atoms with Crippen molar-refractivity contribution in [2.24, 2.45) is 0 Å². The van der Waals surface area contributed by atoms with Crippen LogP contribution in [0.25, 0.3) is 65.4 Å². The first-order valence-electron chi connectivity index (χ1n) is 24.7. The van der Waals surface area contributed by atoms with Crippen molar-refractivity contribution in [2.75, 3.05) is 9.80 Å². The van der Waals surface area contributed by atoms with Crippen LogP contribution in [0.2, 0.25) is 0 Å². The van der Waals surface area contributed by atoms with E-state index in [9.17, 15) is 0 Å². The van der Waals surface area contributed by atoms with Gasteiger partial charge in [0.2, 0.25) is 0 Å². The molecular formula is C63H54N2O2. The van der Waals surface area contributed by atoms with E-state index < -0.39 is 0 Å². The standard InChI is InChI=1S/C63H54N2O2/c1-41-62-58(56-36-46-26-32-54(34-48(46)38-60(56)66-62)64(50-18-10-4-11-19-50)52-28-22-44(23-29-52)42-14-6-2-7-15-42)40-59-57-37-47-27-33-55(35-49(47)39-61(57)67-63(41)59)65(51-20-12-5-13-21-51)53-30-24-45(25-31-53)43-16-8-3-9-17-43/h4-5,10-13,18-40,42-43H,2-3,6-9,14-17H2,1H3. The van der Waals surface area contributed by atoms with E-state index in [1.807, 2.05) is 0 Å². The van der Waals surface area contributed by atoms with E-state index in [0.717, 1.165) is 94.3 Å². The highest BCUT2D eigenvalue weighted by Crippen LogP contribution is 2.45. The second-order valence-corrected chi connectivity index (χ2v) is 19.4. The fourth-order valence-electron chi connectivity index (χ4n) is 11.8. The number of benzene rings is 9. The number of furan rings is 2. The maximum absolute atomic E-state index is 6.80. The van der Waals surface area contributed by atoms with Crippen molar-refractivity contribution >= 4 is 99.5 Å². The molecule has 9 aromatic carbocycles. The number of rotatable bonds is 8. The molecule has 67 heavy (non-hydrogen) atoms. The highest BCUT2D eigenvalue weighted by Gasteiger charge is 2.22. The Hall–Kier alpha value is -7.30. The van der Waals surface area contributed by atoms with Gasteiger partial charge < -0.3 is 18.6 Å². The summed E-state index contributed by atoms with van der Waals surface area (Å²) in [6.07, 6.45) is 13.3. The number of fused-ring (bicyclic) bond motifs is 8. The molecule has 0 spiro atoms. The molecule has 328 valence electrons. The Balaban J connectivity index is 0.864. The van der Waals surface area contributed by atoms with Crippen LogP contribution in [-0.2, 0) is 0 Å². The highest BCUT2D eigenvalue weighted by atomic mass is 16.3. The largest absolute Gasteiger partial charge is 0.456 e. The van der Waals surface area contributed by atoms with Crippen molar-refractivity contribution in [3.05, 3.63) is 193 Å². The van der Waals surface area contributed by atoms with Gasteiger partial charge in [0.1, 0.15) is 22.3 Å². The molecule has 0 radical (unpaired) electrons. The van der Waals surface area contributed by atoms with Crippen LogP contribution >= 0.6 is 0 Å². The molecule has 0 N–H and O–H groups in total. The first kappa shape index (κ1) is 40.0. The smallest absolute Gasteiger partial charge is 0.142 e. The first-order chi connectivity index (χ1) is 33.1. The lowest BCUT2D eigenvalue weighted by molar-refractivity contribution is 0.443. The molecule has 2 heterocycles. The van der Waals surface area contributed by atoms with Crippen molar-refractivity contribution in [3.8, 4) is 0 Å². The maximum atomic E-state index is 6.80. The van der Waals surface area contributed by atoms with Gasteiger partial charge >= 0.3 is 0 Å². The summed E-state index contributed by atoms with van der Waals surface area (Å²) in [5.41, 5.74) is 14.3. The van der Waals surface area contributed by atoms with Crippen LogP contribution in [0.1, 0.15) is 92.7 Å². The molecule has 0 atom stereocenters. The highest BCUT2D eigenvalue weighted by molar-refractivity contribution is 6.20. The summed E-state index contributed by atoms with van der Waals surface area (Å²) < 4.78 is 13.6. The summed E-state index contributed by atoms with van der Waals surface area (Å²) in [6.45, 7) is 2.14. The number of aryl methyl sites for hydroxylation is 1. The molecule has 4 nitrogen and oxygen atoms in total. The Bertz CT molecular complexity index is 3360. The van der Waals surface area contributed by atoms with Crippen LogP contribution < -0.4 is 9.80 Å². The van der Waals surface area contributed by atoms with Crippen LogP contribution in [0.5, 0.6) is 0 Å². The number of nitrogens with zero attached hydrogens (tertiary/aromatic N) is 2. The molecule has 13 rings (SSSR count). The minimum absolute atomic E-state index is 0.677. The number of hydrogen-bond donors (Lipinski definition) is 0. The molecule has 2 saturated carbocycles. The molecule has 0 saturated heterocycles. The Labute approximate surface area is 392 Å². The molecule has 4 heteroatoms. The Kier molecular flexibility index (Phi) is 9.88. The minimum Gasteiger partial charge on any atom is -0.456 e. The number of hydrogen-bond acceptors (Lipinski definition) is 4. The molecule has 2 aliphatic carbocycles. The average Bonchev–Trinajstić information content (AvgIpc) is 3.94. The quantitative estimate of drug-likeness (QED) is 0.152. The van der Waals surface area contributed by atoms with Crippen LogP contribution in [0.15, 0.2) is 185 Å². The molecule has 2 aromatic heterocycles. The van der Waals surface area contributed by atoms with E-state index in [4.69, 9.17) is 8.83 Å². The van der Waals surface area contributed by atoms with E-state index in [0.29, 0.717) is 11.8 Å². The van der Waals surface area contributed by atoms with E-state index in [-0.39, 0.29) is 0 Å². The fourth-order valence-corrected chi connectivity index (χ4v) is 11.8. The molecule has 11 aromatic rings. The summed E-state index contributed by atoms with van der Waals surface area (Å²) in [4.78, 5) is 4.74. The van der Waals surface area contributed by atoms with E-state index >= 15 is 0 Å². The fraction of sp³-hybridized carbons (Fsp3) is 0.206. The minimum atomic E-state index is 0.677. The van der Waals surface area contributed by atoms with E-state index in [1.165, 1.54) is 86.1 Å². The van der Waals surface area contributed by atoms with Gasteiger partial charge in [0.25, 0.3) is 0 Å². The van der Waals surface area contributed by atoms with Gasteiger partial charge in [0, 0.05) is 61.2 Å². The predicted octanol–water partition coefficient (Wildman–Crippen LogP) is 19.1. The van der Waals surface area contributed by atoms with Crippen molar-refractivity contribution in [1.82, 2.24) is 0 Å². The van der Waals surface area contributed by atoms with Gasteiger partial charge in [0.15, 0.2) is 0 Å². The summed E-state index contributed by atoms with van der Waals surface area (Å²) in [6, 6.07) is 65.1. The zero-order valence-electron chi connectivity index (χ0n) is 38.2. The van der Waals surface area contributed by atoms with Gasteiger partial charge in [0.05, 0.1) is 0 Å². The third-order valence-electron chi connectivity index (χ3n) is 15.3. The number of para-hydroxylation sites is 2. The zero-order chi connectivity index (χ0) is 44.4. The molecule has 0 bridgehead atoms. The van der Waals surface area contributed by atoms with Crippen molar-refractivity contribution < 1.29 is 8.83 Å². The summed E-state index contributed by atoms with van der Waals surface area (Å²) in [5, 5.41) is 9.11. The second kappa shape index (κ2) is 16.5. The SMILES string of the molecule is Cc1c2oc3cc4cc(N(c5ccccc5)c5ccc(C6CCCCC6)cc5)ccc4cc3c2cc2c1oc1cc3cc(N(c4ccccc4)c4ccc(C5CCCCC5)cc4)ccc3cc12. The Morgan fingerprint density at radius 3 is 1.15 bits per heavy atom. The van der Waals surface area contributed by atoms with E-state index in [2.05, 4.69) is 193 Å². The van der Waals surface area contributed by atoms with Crippen LogP contribution in [0.4, 0.5) is 34.1 Å². The molecule has 2 fully saturated rings. The lowest BCUT2D eigenvalue weighted by Gasteiger charge is -2.27. The lowest BCUT2D eigenvalue weighted by Crippen LogP contribution is -2.10. The van der Waals surface area contributed by atoms with Crippen LogP contribution in [0, 0.1) is 6.92 Å². The van der Waals surface area contributed by atoms with Gasteiger partial charge in [-0.1, -0.05) is 111 Å². The molecule has 0 amide bonds. The lowest BCUT2D eigenvalue weighted by atomic mass is 9.84. The van der Waals surface area contributed by atoms with Crippen molar-refractivity contribution in [1.29, 1.82) is 0 Å². The van der Waals surface area contributed by atoms with Gasteiger partial charge in [-0.3, -0.25) is 0 Å². The average molecular weight is 871 g/mol. The zero-order valence-corrected chi connectivity index (χ0v) is 38.2. The van der Waals surface area contributed by atoms with Crippen molar-refractivity contribution in [3.63, 3.8) is 0 Å². The molecule has 0 unspecified atom stereocenters. The van der Waals surface area contributed by atoms with Gasteiger partial charge in [-0.2, -0.15) is 0 Å².